The van der Waals surface area contributed by atoms with E-state index in [4.69, 9.17) is 6.42 Å². The van der Waals surface area contributed by atoms with Gasteiger partial charge in [-0.3, -0.25) is 0 Å². The van der Waals surface area contributed by atoms with Crippen molar-refractivity contribution >= 4 is 5.69 Å². The van der Waals surface area contributed by atoms with Crippen LogP contribution in [0.25, 0.3) is 0 Å². The van der Waals surface area contributed by atoms with Gasteiger partial charge < -0.3 is 5.32 Å². The molecule has 1 aromatic carbocycles. The topological polar surface area (TPSA) is 12.0 Å². The molecule has 2 heteroatoms. The third kappa shape index (κ3) is 3.16. The number of para-hydroxylation sites is 1. The van der Waals surface area contributed by atoms with Crippen LogP contribution in [0.3, 0.4) is 0 Å². The molecule has 0 saturated heterocycles. The summed E-state index contributed by atoms with van der Waals surface area (Å²) in [6.45, 7) is 0.713. The maximum atomic E-state index is 13.0. The zero-order chi connectivity index (χ0) is 9.52. The fraction of sp³-hybridized carbons (Fsp3) is 0.273. The normalized spacial score (nSPS) is 9.23. The third-order valence-electron chi connectivity index (χ3n) is 1.69. The van der Waals surface area contributed by atoms with Crippen LogP contribution in [0.15, 0.2) is 24.3 Å². The molecule has 0 aliphatic rings. The Balaban J connectivity index is 2.37. The molecule has 1 N–H and O–H groups in total. The molecular weight excluding hydrogens is 165 g/mol. The van der Waals surface area contributed by atoms with Crippen LogP contribution in [0, 0.1) is 18.2 Å². The van der Waals surface area contributed by atoms with Crippen molar-refractivity contribution in [1.82, 2.24) is 0 Å². The second-order valence-corrected chi connectivity index (χ2v) is 2.71. The Kier molecular flexibility index (Phi) is 3.84. The van der Waals surface area contributed by atoms with Gasteiger partial charge in [0.2, 0.25) is 0 Å². The Bertz CT molecular complexity index is 301. The zero-order valence-electron chi connectivity index (χ0n) is 7.39. The standard InChI is InChI=1S/C11H12FN/c1-2-3-6-9-13-11-8-5-4-7-10(11)12/h1,4-5,7-8,13H,3,6,9H2. The Morgan fingerprint density at radius 2 is 2.15 bits per heavy atom. The van der Waals surface area contributed by atoms with E-state index < -0.39 is 0 Å². The van der Waals surface area contributed by atoms with E-state index in [2.05, 4.69) is 11.2 Å². The Labute approximate surface area is 78.0 Å². The van der Waals surface area contributed by atoms with Gasteiger partial charge in [0.25, 0.3) is 0 Å². The number of hydrogen-bond donors (Lipinski definition) is 1. The van der Waals surface area contributed by atoms with Crippen LogP contribution < -0.4 is 5.32 Å². The summed E-state index contributed by atoms with van der Waals surface area (Å²) in [5.74, 6) is 2.32. The average Bonchev–Trinajstić information content (AvgIpc) is 2.15. The van der Waals surface area contributed by atoms with Crippen LogP contribution in [0.2, 0.25) is 0 Å². The highest BCUT2D eigenvalue weighted by molar-refractivity contribution is 5.44. The molecule has 0 aliphatic carbocycles. The second kappa shape index (κ2) is 5.21. The highest BCUT2D eigenvalue weighted by atomic mass is 19.1. The van der Waals surface area contributed by atoms with Crippen molar-refractivity contribution in [2.24, 2.45) is 0 Å². The van der Waals surface area contributed by atoms with Crippen LogP contribution in [0.5, 0.6) is 0 Å². The van der Waals surface area contributed by atoms with E-state index in [0.29, 0.717) is 12.2 Å². The summed E-state index contributed by atoms with van der Waals surface area (Å²) in [5.41, 5.74) is 0.541. The lowest BCUT2D eigenvalue weighted by atomic mass is 10.3. The van der Waals surface area contributed by atoms with Crippen LogP contribution in [0.1, 0.15) is 12.8 Å². The molecule has 0 saturated carbocycles. The van der Waals surface area contributed by atoms with Gasteiger partial charge in [-0.05, 0) is 18.6 Å². The largest absolute Gasteiger partial charge is 0.383 e. The minimum absolute atomic E-state index is 0.219. The van der Waals surface area contributed by atoms with Crippen LogP contribution in [-0.2, 0) is 0 Å². The number of hydrogen-bond acceptors (Lipinski definition) is 1. The quantitative estimate of drug-likeness (QED) is 0.550. The second-order valence-electron chi connectivity index (χ2n) is 2.71. The van der Waals surface area contributed by atoms with Gasteiger partial charge in [-0.2, -0.15) is 0 Å². The van der Waals surface area contributed by atoms with E-state index in [9.17, 15) is 4.39 Å². The number of rotatable bonds is 4. The molecule has 0 atom stereocenters. The number of terminal acetylenes is 1. The maximum Gasteiger partial charge on any atom is 0.146 e. The molecule has 1 nitrogen and oxygen atoms in total. The lowest BCUT2D eigenvalue weighted by Gasteiger charge is -2.05. The first kappa shape index (κ1) is 9.60. The van der Waals surface area contributed by atoms with Gasteiger partial charge in [0.1, 0.15) is 5.82 Å². The summed E-state index contributed by atoms with van der Waals surface area (Å²) in [4.78, 5) is 0. The van der Waals surface area contributed by atoms with Crippen molar-refractivity contribution in [3.8, 4) is 12.3 Å². The van der Waals surface area contributed by atoms with Crippen molar-refractivity contribution in [2.75, 3.05) is 11.9 Å². The predicted octanol–water partition coefficient (Wildman–Crippen LogP) is 2.65. The smallest absolute Gasteiger partial charge is 0.146 e. The molecule has 0 aliphatic heterocycles. The Morgan fingerprint density at radius 3 is 2.85 bits per heavy atom. The van der Waals surface area contributed by atoms with Gasteiger partial charge >= 0.3 is 0 Å². The number of nitrogens with one attached hydrogen (secondary N) is 1. The molecule has 0 heterocycles. The number of benzene rings is 1. The fourth-order valence-electron chi connectivity index (χ4n) is 1.02. The maximum absolute atomic E-state index is 13.0. The molecule has 0 aromatic heterocycles. The van der Waals surface area contributed by atoms with Gasteiger partial charge in [0, 0.05) is 13.0 Å². The van der Waals surface area contributed by atoms with Gasteiger partial charge in [-0.15, -0.1) is 12.3 Å². The first-order chi connectivity index (χ1) is 6.34. The highest BCUT2D eigenvalue weighted by Gasteiger charge is 1.97. The average molecular weight is 177 g/mol. The number of unbranched alkanes of at least 4 members (excludes halogenated alkanes) is 1. The first-order valence-corrected chi connectivity index (χ1v) is 4.26. The van der Waals surface area contributed by atoms with Crippen LogP contribution >= 0.6 is 0 Å². The molecular formula is C11H12FN. The van der Waals surface area contributed by atoms with Crippen LogP contribution in [-0.4, -0.2) is 6.54 Å². The fourth-order valence-corrected chi connectivity index (χ4v) is 1.02. The van der Waals surface area contributed by atoms with Crippen molar-refractivity contribution < 1.29 is 4.39 Å². The van der Waals surface area contributed by atoms with Gasteiger partial charge in [0.15, 0.2) is 0 Å². The number of anilines is 1. The Morgan fingerprint density at radius 1 is 1.38 bits per heavy atom. The van der Waals surface area contributed by atoms with E-state index in [0.717, 1.165) is 12.8 Å². The monoisotopic (exact) mass is 177 g/mol. The summed E-state index contributed by atoms with van der Waals surface area (Å²) < 4.78 is 13.0. The summed E-state index contributed by atoms with van der Waals surface area (Å²) >= 11 is 0. The summed E-state index contributed by atoms with van der Waals surface area (Å²) in [6, 6.07) is 6.61. The minimum Gasteiger partial charge on any atom is -0.383 e. The zero-order valence-corrected chi connectivity index (χ0v) is 7.39. The third-order valence-corrected chi connectivity index (χ3v) is 1.69. The lowest BCUT2D eigenvalue weighted by Crippen LogP contribution is -2.02. The molecule has 1 aromatic rings. The number of halogens is 1. The molecule has 0 unspecified atom stereocenters. The minimum atomic E-state index is -0.219. The molecule has 0 radical (unpaired) electrons. The van der Waals surface area contributed by atoms with Crippen molar-refractivity contribution in [1.29, 1.82) is 0 Å². The molecule has 68 valence electrons. The van der Waals surface area contributed by atoms with Crippen molar-refractivity contribution in [3.63, 3.8) is 0 Å². The molecule has 0 amide bonds. The summed E-state index contributed by atoms with van der Waals surface area (Å²) in [7, 11) is 0. The molecule has 13 heavy (non-hydrogen) atoms. The first-order valence-electron chi connectivity index (χ1n) is 4.26. The molecule has 0 spiro atoms. The molecule has 0 bridgehead atoms. The van der Waals surface area contributed by atoms with E-state index >= 15 is 0 Å². The predicted molar refractivity (Wildman–Crippen MR) is 53.0 cm³/mol. The van der Waals surface area contributed by atoms with E-state index in [-0.39, 0.29) is 5.82 Å². The van der Waals surface area contributed by atoms with E-state index in [1.54, 1.807) is 18.2 Å². The van der Waals surface area contributed by atoms with Gasteiger partial charge in [-0.1, -0.05) is 12.1 Å². The molecule has 0 fully saturated rings. The van der Waals surface area contributed by atoms with Crippen molar-refractivity contribution in [3.05, 3.63) is 30.1 Å². The van der Waals surface area contributed by atoms with Gasteiger partial charge in [-0.25, -0.2) is 4.39 Å². The lowest BCUT2D eigenvalue weighted by molar-refractivity contribution is 0.629. The van der Waals surface area contributed by atoms with Gasteiger partial charge in [0.05, 0.1) is 5.69 Å². The Hall–Kier alpha value is -1.49. The summed E-state index contributed by atoms with van der Waals surface area (Å²) in [6.07, 6.45) is 6.68. The van der Waals surface area contributed by atoms with E-state index in [1.165, 1.54) is 6.07 Å². The van der Waals surface area contributed by atoms with Crippen molar-refractivity contribution in [2.45, 2.75) is 12.8 Å². The SMILES string of the molecule is C#CCCCNc1ccccc1F. The van der Waals surface area contributed by atoms with Crippen LogP contribution in [0.4, 0.5) is 10.1 Å². The van der Waals surface area contributed by atoms with E-state index in [1.807, 2.05) is 0 Å². The highest BCUT2D eigenvalue weighted by Crippen LogP contribution is 2.11. The molecule has 1 rings (SSSR count). The summed E-state index contributed by atoms with van der Waals surface area (Å²) in [5, 5.41) is 2.98.